The number of aromatic carboxylic acids is 1. The normalized spacial score (nSPS) is 14.8. The van der Waals surface area contributed by atoms with Gasteiger partial charge >= 0.3 is 5.97 Å². The number of rotatable bonds is 10. The molecule has 0 aliphatic carbocycles. The molecule has 3 heterocycles. The average molecular weight is 556 g/mol. The molecule has 0 bridgehead atoms. The summed E-state index contributed by atoms with van der Waals surface area (Å²) in [5.41, 5.74) is -0.204. The Morgan fingerprint density at radius 1 is 1.18 bits per heavy atom. The highest BCUT2D eigenvalue weighted by atomic mass is 19.1. The number of piperazine rings is 1. The molecule has 12 heteroatoms. The number of benzene rings is 1. The maximum Gasteiger partial charge on any atom is 0.341 e. The lowest BCUT2D eigenvalue weighted by Crippen LogP contribution is -2.48. The Hall–Kier alpha value is -4.03. The molecule has 1 aliphatic heterocycles. The lowest BCUT2D eigenvalue weighted by atomic mass is 10.1. The highest BCUT2D eigenvalue weighted by Gasteiger charge is 2.24. The van der Waals surface area contributed by atoms with E-state index in [1.165, 1.54) is 18.0 Å². The third-order valence-electron chi connectivity index (χ3n) is 7.15. The maximum atomic E-state index is 15.0. The van der Waals surface area contributed by atoms with Crippen molar-refractivity contribution in [1.82, 2.24) is 19.4 Å². The van der Waals surface area contributed by atoms with Crippen LogP contribution in [-0.4, -0.2) is 94.4 Å². The first-order valence-corrected chi connectivity index (χ1v) is 13.2. The minimum Gasteiger partial charge on any atom is -0.492 e. The van der Waals surface area contributed by atoms with Crippen molar-refractivity contribution in [1.29, 1.82) is 0 Å². The number of pyridine rings is 2. The number of carbonyl (C=O) groups is 2. The van der Waals surface area contributed by atoms with Crippen LogP contribution < -0.4 is 15.1 Å². The molecule has 1 atom stereocenters. The maximum absolute atomic E-state index is 15.0. The third kappa shape index (κ3) is 6.40. The van der Waals surface area contributed by atoms with Gasteiger partial charge in [-0.25, -0.2) is 14.2 Å². The topological polar surface area (TPSA) is 128 Å². The standard InChI is InChI=1S/C28H34FN5O6/c1-4-33-16-22(28(38)39)25(37)21-15-23(29)27(30-26(21)33)34-11-9-32(10-12-34)13-14-40-20-7-5-19(6-8-20)24(36)17-31(3)18(2)35/h5-8,15-16,24,36H,4,9-14,17H2,1-3H3,(H,38,39)/t24-/m0/s1. The molecule has 1 amide bonds. The minimum absolute atomic E-state index is 0.0512. The van der Waals surface area contributed by atoms with Gasteiger partial charge in [-0.2, -0.15) is 0 Å². The van der Waals surface area contributed by atoms with E-state index in [4.69, 9.17) is 4.74 Å². The van der Waals surface area contributed by atoms with Crippen molar-refractivity contribution in [2.45, 2.75) is 26.5 Å². The number of halogens is 1. The summed E-state index contributed by atoms with van der Waals surface area (Å²) in [6.07, 6.45) is 0.473. The molecule has 1 aliphatic rings. The number of carboxylic acids is 1. The summed E-state index contributed by atoms with van der Waals surface area (Å²) in [6.45, 7) is 7.34. The predicted molar refractivity (Wildman–Crippen MR) is 147 cm³/mol. The van der Waals surface area contributed by atoms with Crippen LogP contribution in [0, 0.1) is 5.82 Å². The molecule has 1 aromatic carbocycles. The Bertz CT molecular complexity index is 1440. The van der Waals surface area contributed by atoms with Gasteiger partial charge < -0.3 is 29.3 Å². The molecule has 2 aromatic heterocycles. The highest BCUT2D eigenvalue weighted by molar-refractivity contribution is 5.92. The number of carbonyl (C=O) groups excluding carboxylic acids is 1. The number of aliphatic hydroxyl groups excluding tert-OH is 1. The molecule has 4 rings (SSSR count). The van der Waals surface area contributed by atoms with Crippen molar-refractivity contribution in [2.75, 3.05) is 57.8 Å². The molecule has 1 saturated heterocycles. The lowest BCUT2D eigenvalue weighted by molar-refractivity contribution is -0.128. The molecule has 0 spiro atoms. The summed E-state index contributed by atoms with van der Waals surface area (Å²) >= 11 is 0. The average Bonchev–Trinajstić information content (AvgIpc) is 2.93. The number of aryl methyl sites for hydroxylation is 1. The molecule has 1 fully saturated rings. The van der Waals surface area contributed by atoms with Crippen LogP contribution in [0.3, 0.4) is 0 Å². The number of likely N-dealkylation sites (N-methyl/N-ethyl adjacent to an activating group) is 1. The Morgan fingerprint density at radius 3 is 2.45 bits per heavy atom. The summed E-state index contributed by atoms with van der Waals surface area (Å²) in [6, 6.07) is 8.21. The van der Waals surface area contributed by atoms with Gasteiger partial charge in [-0.05, 0) is 30.7 Å². The quantitative estimate of drug-likeness (QED) is 0.386. The van der Waals surface area contributed by atoms with Crippen LogP contribution >= 0.6 is 0 Å². The first-order valence-electron chi connectivity index (χ1n) is 13.2. The number of aliphatic hydroxyl groups is 1. The fourth-order valence-corrected chi connectivity index (χ4v) is 4.65. The largest absolute Gasteiger partial charge is 0.492 e. The SMILES string of the molecule is CCn1cc(C(=O)O)c(=O)c2cc(F)c(N3CCN(CCOc4ccc([C@@H](O)CN(C)C(C)=O)cc4)CC3)nc21. The van der Waals surface area contributed by atoms with Crippen LogP contribution in [0.2, 0.25) is 0 Å². The van der Waals surface area contributed by atoms with Crippen molar-refractivity contribution < 1.29 is 28.9 Å². The zero-order valence-corrected chi connectivity index (χ0v) is 22.8. The minimum atomic E-state index is -1.36. The number of amides is 1. The van der Waals surface area contributed by atoms with Gasteiger partial charge in [-0.3, -0.25) is 14.5 Å². The van der Waals surface area contributed by atoms with E-state index in [-0.39, 0.29) is 29.3 Å². The Morgan fingerprint density at radius 2 is 1.85 bits per heavy atom. The summed E-state index contributed by atoms with van der Waals surface area (Å²) < 4.78 is 22.5. The van der Waals surface area contributed by atoms with Crippen LogP contribution in [0.15, 0.2) is 41.3 Å². The predicted octanol–water partition coefficient (Wildman–Crippen LogP) is 1.97. The lowest BCUT2D eigenvalue weighted by Gasteiger charge is -2.35. The second-order valence-corrected chi connectivity index (χ2v) is 9.79. The summed E-state index contributed by atoms with van der Waals surface area (Å²) in [4.78, 5) is 45.3. The van der Waals surface area contributed by atoms with Gasteiger partial charge in [0.2, 0.25) is 11.3 Å². The summed E-state index contributed by atoms with van der Waals surface area (Å²) in [5.74, 6) is -1.32. The molecule has 3 aromatic rings. The Labute approximate surface area is 231 Å². The van der Waals surface area contributed by atoms with E-state index in [2.05, 4.69) is 9.88 Å². The number of hydrogen-bond donors (Lipinski definition) is 2. The van der Waals surface area contributed by atoms with E-state index in [0.717, 1.165) is 6.07 Å². The van der Waals surface area contributed by atoms with E-state index < -0.39 is 28.9 Å². The van der Waals surface area contributed by atoms with Gasteiger partial charge in [-0.15, -0.1) is 0 Å². The second kappa shape index (κ2) is 12.4. The van der Waals surface area contributed by atoms with Gasteiger partial charge in [0.15, 0.2) is 11.6 Å². The summed E-state index contributed by atoms with van der Waals surface area (Å²) in [7, 11) is 1.64. The van der Waals surface area contributed by atoms with Crippen molar-refractivity contribution in [3.05, 3.63) is 63.7 Å². The monoisotopic (exact) mass is 555 g/mol. The first kappa shape index (κ1) is 29.0. The molecule has 214 valence electrons. The number of carboxylic acid groups (broad SMARTS) is 1. The number of aromatic nitrogens is 2. The number of fused-ring (bicyclic) bond motifs is 1. The number of anilines is 1. The molecule has 0 radical (unpaired) electrons. The fourth-order valence-electron chi connectivity index (χ4n) is 4.65. The van der Waals surface area contributed by atoms with Crippen molar-refractivity contribution in [3.63, 3.8) is 0 Å². The van der Waals surface area contributed by atoms with Crippen LogP contribution in [0.1, 0.15) is 35.9 Å². The zero-order chi connectivity index (χ0) is 29.0. The first-order chi connectivity index (χ1) is 19.1. The van der Waals surface area contributed by atoms with Crippen LogP contribution in [-0.2, 0) is 11.3 Å². The van der Waals surface area contributed by atoms with Crippen molar-refractivity contribution in [2.24, 2.45) is 0 Å². The molecular weight excluding hydrogens is 521 g/mol. The smallest absolute Gasteiger partial charge is 0.341 e. The highest BCUT2D eigenvalue weighted by Crippen LogP contribution is 2.23. The van der Waals surface area contributed by atoms with E-state index >= 15 is 4.39 Å². The van der Waals surface area contributed by atoms with Gasteiger partial charge in [-0.1, -0.05) is 12.1 Å². The third-order valence-corrected chi connectivity index (χ3v) is 7.15. The van der Waals surface area contributed by atoms with Gasteiger partial charge in [0, 0.05) is 59.4 Å². The van der Waals surface area contributed by atoms with Crippen molar-refractivity contribution in [3.8, 4) is 5.75 Å². The van der Waals surface area contributed by atoms with E-state index in [9.17, 15) is 24.6 Å². The number of nitrogens with zero attached hydrogens (tertiary/aromatic N) is 5. The fraction of sp³-hybridized carbons (Fsp3) is 0.429. The Balaban J connectivity index is 1.32. The number of hydrogen-bond acceptors (Lipinski definition) is 8. The molecule has 2 N–H and O–H groups in total. The van der Waals surface area contributed by atoms with Crippen molar-refractivity contribution >= 4 is 28.7 Å². The van der Waals surface area contributed by atoms with Gasteiger partial charge in [0.25, 0.3) is 0 Å². The van der Waals surface area contributed by atoms with Gasteiger partial charge in [0.1, 0.15) is 23.6 Å². The van der Waals surface area contributed by atoms with E-state index in [0.29, 0.717) is 57.2 Å². The van der Waals surface area contributed by atoms with Crippen LogP contribution in [0.25, 0.3) is 11.0 Å². The molecular formula is C28H34FN5O6. The second-order valence-electron chi connectivity index (χ2n) is 9.79. The van der Waals surface area contributed by atoms with Crippen LogP contribution in [0.4, 0.5) is 10.2 Å². The van der Waals surface area contributed by atoms with E-state index in [1.54, 1.807) is 42.8 Å². The molecule has 0 unspecified atom stereocenters. The molecule has 11 nitrogen and oxygen atoms in total. The Kier molecular flexibility index (Phi) is 9.00. The summed E-state index contributed by atoms with van der Waals surface area (Å²) in [5, 5.41) is 19.6. The van der Waals surface area contributed by atoms with E-state index in [1.807, 2.05) is 4.90 Å². The number of ether oxygens (including phenoxy) is 1. The van der Waals surface area contributed by atoms with Gasteiger partial charge in [0.05, 0.1) is 18.0 Å². The molecule has 40 heavy (non-hydrogen) atoms. The molecule has 0 saturated carbocycles. The zero-order valence-electron chi connectivity index (χ0n) is 22.8. The van der Waals surface area contributed by atoms with Crippen LogP contribution in [0.5, 0.6) is 5.75 Å².